The molecule has 3 aromatic rings. The Labute approximate surface area is 154 Å². The predicted molar refractivity (Wildman–Crippen MR) is 98.4 cm³/mol. The zero-order valence-corrected chi connectivity index (χ0v) is 15.0. The van der Waals surface area contributed by atoms with E-state index in [1.807, 2.05) is 12.1 Å². The van der Waals surface area contributed by atoms with Gasteiger partial charge in [-0.25, -0.2) is 4.79 Å². The number of nitrogens with zero attached hydrogens (tertiary/aromatic N) is 1. The molecule has 0 saturated carbocycles. The fraction of sp³-hybridized carbons (Fsp3) is 0.211. The minimum atomic E-state index is -0.787. The molecule has 0 aliphatic heterocycles. The Morgan fingerprint density at radius 2 is 2.15 bits per heavy atom. The fourth-order valence-electron chi connectivity index (χ4n) is 2.48. The minimum Gasteiger partial charge on any atom is -0.479 e. The van der Waals surface area contributed by atoms with Crippen molar-refractivity contribution < 1.29 is 13.9 Å². The summed E-state index contributed by atoms with van der Waals surface area (Å²) in [6.45, 7) is 3.71. The van der Waals surface area contributed by atoms with E-state index in [-0.39, 0.29) is 11.7 Å². The molecular formula is C19H17ClN2O4. The highest BCUT2D eigenvalue weighted by Crippen LogP contribution is 2.31. The molecule has 7 heteroatoms. The minimum absolute atomic E-state index is 0.272. The number of nitrogens with one attached hydrogen (secondary N) is 1. The molecule has 0 aliphatic rings. The van der Waals surface area contributed by atoms with Crippen molar-refractivity contribution in [3.05, 3.63) is 69.3 Å². The SMILES string of the molecule is Cc1cc(=O)oc2cc(O[C@@H](C)C(=O)NCc3ccccn3)c(Cl)cc12. The number of pyridine rings is 1. The number of halogens is 1. The summed E-state index contributed by atoms with van der Waals surface area (Å²) < 4.78 is 10.8. The third-order valence-electron chi connectivity index (χ3n) is 3.85. The van der Waals surface area contributed by atoms with Crippen LogP contribution in [0.2, 0.25) is 5.02 Å². The molecule has 2 heterocycles. The van der Waals surface area contributed by atoms with Gasteiger partial charge in [-0.15, -0.1) is 0 Å². The second-order valence-electron chi connectivity index (χ2n) is 5.83. The molecule has 0 unspecified atom stereocenters. The van der Waals surface area contributed by atoms with E-state index < -0.39 is 11.7 Å². The van der Waals surface area contributed by atoms with Gasteiger partial charge in [0.1, 0.15) is 11.3 Å². The van der Waals surface area contributed by atoms with Crippen LogP contribution in [0.5, 0.6) is 5.75 Å². The summed E-state index contributed by atoms with van der Waals surface area (Å²) in [5.41, 5.74) is 1.40. The molecule has 0 radical (unpaired) electrons. The van der Waals surface area contributed by atoms with Gasteiger partial charge < -0.3 is 14.5 Å². The van der Waals surface area contributed by atoms with Crippen molar-refractivity contribution in [2.75, 3.05) is 0 Å². The Morgan fingerprint density at radius 1 is 1.35 bits per heavy atom. The van der Waals surface area contributed by atoms with Crippen molar-refractivity contribution >= 4 is 28.5 Å². The third kappa shape index (κ3) is 4.03. The molecule has 0 spiro atoms. The standard InChI is InChI=1S/C19H17ClN2O4/c1-11-7-18(23)26-16-9-17(15(20)8-14(11)16)25-12(2)19(24)22-10-13-5-3-4-6-21-13/h3-9,12H,10H2,1-2H3,(H,22,24)/t12-/m0/s1. The molecule has 26 heavy (non-hydrogen) atoms. The summed E-state index contributed by atoms with van der Waals surface area (Å²) >= 11 is 6.25. The van der Waals surface area contributed by atoms with Gasteiger partial charge in [0.2, 0.25) is 0 Å². The Bertz CT molecular complexity index is 1000. The first-order valence-corrected chi connectivity index (χ1v) is 8.40. The van der Waals surface area contributed by atoms with Crippen LogP contribution >= 0.6 is 11.6 Å². The highest BCUT2D eigenvalue weighted by atomic mass is 35.5. The predicted octanol–water partition coefficient (Wildman–Crippen LogP) is 3.23. The Balaban J connectivity index is 1.74. The maximum Gasteiger partial charge on any atom is 0.336 e. The van der Waals surface area contributed by atoms with Gasteiger partial charge in [-0.1, -0.05) is 17.7 Å². The zero-order valence-electron chi connectivity index (χ0n) is 14.3. The number of ether oxygens (including phenoxy) is 1. The third-order valence-corrected chi connectivity index (χ3v) is 4.14. The first-order valence-electron chi connectivity index (χ1n) is 8.02. The molecule has 134 valence electrons. The summed E-state index contributed by atoms with van der Waals surface area (Å²) in [7, 11) is 0. The number of benzene rings is 1. The van der Waals surface area contributed by atoms with E-state index in [9.17, 15) is 9.59 Å². The van der Waals surface area contributed by atoms with Crippen molar-refractivity contribution in [2.45, 2.75) is 26.5 Å². The van der Waals surface area contributed by atoms with Gasteiger partial charge in [-0.3, -0.25) is 9.78 Å². The lowest BCUT2D eigenvalue weighted by molar-refractivity contribution is -0.127. The van der Waals surface area contributed by atoms with Gasteiger partial charge in [0.15, 0.2) is 6.10 Å². The van der Waals surface area contributed by atoms with E-state index in [2.05, 4.69) is 10.3 Å². The number of hydrogen-bond acceptors (Lipinski definition) is 5. The molecule has 6 nitrogen and oxygen atoms in total. The van der Waals surface area contributed by atoms with Crippen molar-refractivity contribution in [1.29, 1.82) is 0 Å². The molecule has 0 fully saturated rings. The van der Waals surface area contributed by atoms with Gasteiger partial charge in [0.25, 0.3) is 5.91 Å². The average molecular weight is 373 g/mol. The lowest BCUT2D eigenvalue weighted by Gasteiger charge is -2.16. The molecule has 1 N–H and O–H groups in total. The molecule has 3 rings (SSSR count). The van der Waals surface area contributed by atoms with Crippen LogP contribution in [-0.2, 0) is 11.3 Å². The molecule has 0 bridgehead atoms. The Morgan fingerprint density at radius 3 is 2.88 bits per heavy atom. The van der Waals surface area contributed by atoms with E-state index in [0.29, 0.717) is 22.5 Å². The number of carbonyl (C=O) groups excluding carboxylic acids is 1. The van der Waals surface area contributed by atoms with Gasteiger partial charge in [0, 0.05) is 23.7 Å². The van der Waals surface area contributed by atoms with E-state index >= 15 is 0 Å². The molecule has 0 saturated heterocycles. The van der Waals surface area contributed by atoms with Crippen LogP contribution in [0.1, 0.15) is 18.2 Å². The van der Waals surface area contributed by atoms with E-state index in [4.69, 9.17) is 20.8 Å². The molecule has 1 amide bonds. The maximum atomic E-state index is 12.2. The second-order valence-corrected chi connectivity index (χ2v) is 6.23. The quantitative estimate of drug-likeness (QED) is 0.695. The lowest BCUT2D eigenvalue weighted by atomic mass is 10.1. The molecule has 1 aromatic carbocycles. The molecular weight excluding hydrogens is 356 g/mol. The van der Waals surface area contributed by atoms with Crippen molar-refractivity contribution in [1.82, 2.24) is 10.3 Å². The summed E-state index contributed by atoms with van der Waals surface area (Å²) in [6.07, 6.45) is 0.872. The van der Waals surface area contributed by atoms with Gasteiger partial charge >= 0.3 is 5.63 Å². The first-order chi connectivity index (χ1) is 12.4. The number of fused-ring (bicyclic) bond motifs is 1. The van der Waals surface area contributed by atoms with Crippen LogP contribution in [0.25, 0.3) is 11.0 Å². The molecule has 0 aliphatic carbocycles. The summed E-state index contributed by atoms with van der Waals surface area (Å²) in [5.74, 6) is -0.0362. The number of aromatic nitrogens is 1. The fourth-order valence-corrected chi connectivity index (χ4v) is 2.69. The maximum absolute atomic E-state index is 12.2. The normalized spacial score (nSPS) is 12.0. The first kappa shape index (κ1) is 17.9. The highest BCUT2D eigenvalue weighted by Gasteiger charge is 2.17. The van der Waals surface area contributed by atoms with Crippen LogP contribution < -0.4 is 15.7 Å². The average Bonchev–Trinajstić information content (AvgIpc) is 2.62. The van der Waals surface area contributed by atoms with E-state index in [1.165, 1.54) is 12.1 Å². The zero-order chi connectivity index (χ0) is 18.7. The highest BCUT2D eigenvalue weighted by molar-refractivity contribution is 6.32. The number of carbonyl (C=O) groups is 1. The Kier molecular flexibility index (Phi) is 5.23. The largest absolute Gasteiger partial charge is 0.479 e. The number of aryl methyl sites for hydroxylation is 1. The lowest BCUT2D eigenvalue weighted by Crippen LogP contribution is -2.36. The van der Waals surface area contributed by atoms with Gasteiger partial charge in [0.05, 0.1) is 17.3 Å². The topological polar surface area (TPSA) is 81.4 Å². The monoisotopic (exact) mass is 372 g/mol. The van der Waals surface area contributed by atoms with Crippen LogP contribution in [0.3, 0.4) is 0 Å². The van der Waals surface area contributed by atoms with Gasteiger partial charge in [-0.2, -0.15) is 0 Å². The van der Waals surface area contributed by atoms with Crippen molar-refractivity contribution in [2.24, 2.45) is 0 Å². The smallest absolute Gasteiger partial charge is 0.336 e. The van der Waals surface area contributed by atoms with Crippen LogP contribution in [-0.4, -0.2) is 17.0 Å². The van der Waals surface area contributed by atoms with E-state index in [0.717, 1.165) is 11.3 Å². The van der Waals surface area contributed by atoms with Gasteiger partial charge in [-0.05, 0) is 37.6 Å². The van der Waals surface area contributed by atoms with Crippen LogP contribution in [0.15, 0.2) is 51.8 Å². The second kappa shape index (κ2) is 7.58. The molecule has 2 aromatic heterocycles. The summed E-state index contributed by atoms with van der Waals surface area (Å²) in [6, 6.07) is 10.0. The van der Waals surface area contributed by atoms with Crippen molar-refractivity contribution in [3.8, 4) is 5.75 Å². The van der Waals surface area contributed by atoms with Crippen molar-refractivity contribution in [3.63, 3.8) is 0 Å². The number of rotatable bonds is 5. The van der Waals surface area contributed by atoms with Crippen LogP contribution in [0.4, 0.5) is 0 Å². The van der Waals surface area contributed by atoms with Crippen LogP contribution in [0, 0.1) is 6.92 Å². The number of amides is 1. The summed E-state index contributed by atoms with van der Waals surface area (Å²) in [5, 5.41) is 3.80. The van der Waals surface area contributed by atoms with E-state index in [1.54, 1.807) is 32.2 Å². The Hall–Kier alpha value is -2.86. The number of hydrogen-bond donors (Lipinski definition) is 1. The molecule has 1 atom stereocenters. The summed E-state index contributed by atoms with van der Waals surface area (Å²) in [4.78, 5) is 27.9.